The Morgan fingerprint density at radius 3 is 2.55 bits per heavy atom. The van der Waals surface area contributed by atoms with E-state index in [-0.39, 0.29) is 18.0 Å². The Bertz CT molecular complexity index is 567. The Balaban J connectivity index is 2.75. The zero-order chi connectivity index (χ0) is 16.8. The lowest BCUT2D eigenvalue weighted by atomic mass is 10.2. The number of carbonyl (C=O) groups is 2. The molecular weight excluding hydrogens is 291 g/mol. The number of halogens is 1. The molecule has 0 spiro atoms. The summed E-state index contributed by atoms with van der Waals surface area (Å²) in [6, 6.07) is 3.70. The first-order chi connectivity index (χ1) is 10.2. The van der Waals surface area contributed by atoms with Gasteiger partial charge in [0.2, 0.25) is 0 Å². The molecule has 0 heterocycles. The zero-order valence-corrected chi connectivity index (χ0v) is 12.7. The molecule has 0 saturated heterocycles. The molecule has 1 aromatic rings. The standard InChI is InChI=1S/C15H19FN2O4/c1-5-8-21-13(19)17-10-6-7-11(16)12(9-10)18-14(20)22-15(2,3)4/h5-7,9H,1,8H2,2-4H3,(H,17,19)(H,18,20). The summed E-state index contributed by atoms with van der Waals surface area (Å²) in [7, 11) is 0. The second-order valence-electron chi connectivity index (χ2n) is 5.33. The number of hydrogen-bond acceptors (Lipinski definition) is 4. The van der Waals surface area contributed by atoms with Crippen molar-refractivity contribution in [3.63, 3.8) is 0 Å². The maximum absolute atomic E-state index is 13.7. The van der Waals surface area contributed by atoms with Crippen molar-refractivity contribution < 1.29 is 23.5 Å². The molecule has 0 radical (unpaired) electrons. The molecule has 0 fully saturated rings. The molecule has 0 atom stereocenters. The predicted octanol–water partition coefficient (Wildman–Crippen LogP) is 3.91. The van der Waals surface area contributed by atoms with Crippen LogP contribution in [0.4, 0.5) is 25.4 Å². The van der Waals surface area contributed by atoms with Crippen molar-refractivity contribution in [3.8, 4) is 0 Å². The highest BCUT2D eigenvalue weighted by Crippen LogP contribution is 2.21. The Morgan fingerprint density at radius 1 is 1.27 bits per heavy atom. The van der Waals surface area contributed by atoms with Crippen LogP contribution >= 0.6 is 0 Å². The summed E-state index contributed by atoms with van der Waals surface area (Å²) >= 11 is 0. The first kappa shape index (κ1) is 17.5. The number of anilines is 2. The average molecular weight is 310 g/mol. The molecule has 0 aliphatic carbocycles. The fraction of sp³-hybridized carbons (Fsp3) is 0.333. The van der Waals surface area contributed by atoms with E-state index >= 15 is 0 Å². The highest BCUT2D eigenvalue weighted by atomic mass is 19.1. The van der Waals surface area contributed by atoms with Crippen molar-refractivity contribution in [1.82, 2.24) is 0 Å². The number of hydrogen-bond donors (Lipinski definition) is 2. The summed E-state index contributed by atoms with van der Waals surface area (Å²) in [5.74, 6) is -0.657. The van der Waals surface area contributed by atoms with E-state index in [1.165, 1.54) is 18.2 Å². The number of carbonyl (C=O) groups excluding carboxylic acids is 2. The van der Waals surface area contributed by atoms with Crippen molar-refractivity contribution in [1.29, 1.82) is 0 Å². The fourth-order valence-electron chi connectivity index (χ4n) is 1.40. The van der Waals surface area contributed by atoms with Gasteiger partial charge in [-0.1, -0.05) is 12.7 Å². The lowest BCUT2D eigenvalue weighted by Crippen LogP contribution is -2.27. The molecule has 22 heavy (non-hydrogen) atoms. The molecule has 0 saturated carbocycles. The summed E-state index contributed by atoms with van der Waals surface area (Å²) in [6.45, 7) is 8.54. The van der Waals surface area contributed by atoms with Gasteiger partial charge in [-0.05, 0) is 39.0 Å². The minimum Gasteiger partial charge on any atom is -0.445 e. The van der Waals surface area contributed by atoms with Gasteiger partial charge in [-0.3, -0.25) is 10.6 Å². The van der Waals surface area contributed by atoms with Crippen LogP contribution in [0.15, 0.2) is 30.9 Å². The van der Waals surface area contributed by atoms with Gasteiger partial charge in [-0.25, -0.2) is 14.0 Å². The summed E-state index contributed by atoms with van der Waals surface area (Å²) in [4.78, 5) is 23.0. The molecule has 0 aliphatic heterocycles. The van der Waals surface area contributed by atoms with Gasteiger partial charge in [0.25, 0.3) is 0 Å². The third-order valence-electron chi connectivity index (χ3n) is 2.18. The Hall–Kier alpha value is -2.57. The van der Waals surface area contributed by atoms with E-state index in [9.17, 15) is 14.0 Å². The average Bonchev–Trinajstić information content (AvgIpc) is 2.38. The number of nitrogens with one attached hydrogen (secondary N) is 2. The van der Waals surface area contributed by atoms with Crippen LogP contribution in [0.5, 0.6) is 0 Å². The van der Waals surface area contributed by atoms with Crippen LogP contribution in [0.2, 0.25) is 0 Å². The minimum absolute atomic E-state index is 0.0516. The monoisotopic (exact) mass is 310 g/mol. The van der Waals surface area contributed by atoms with E-state index in [4.69, 9.17) is 9.47 Å². The second-order valence-corrected chi connectivity index (χ2v) is 5.33. The third kappa shape index (κ3) is 6.25. The topological polar surface area (TPSA) is 76.7 Å². The first-order valence-electron chi connectivity index (χ1n) is 6.55. The van der Waals surface area contributed by atoms with Crippen molar-refractivity contribution in [2.24, 2.45) is 0 Å². The van der Waals surface area contributed by atoms with Gasteiger partial charge in [0.05, 0.1) is 5.69 Å². The van der Waals surface area contributed by atoms with Gasteiger partial charge >= 0.3 is 12.2 Å². The van der Waals surface area contributed by atoms with Gasteiger partial charge in [-0.2, -0.15) is 0 Å². The van der Waals surface area contributed by atoms with Crippen LogP contribution in [0.25, 0.3) is 0 Å². The van der Waals surface area contributed by atoms with E-state index in [2.05, 4.69) is 17.2 Å². The highest BCUT2D eigenvalue weighted by molar-refractivity contribution is 5.89. The maximum atomic E-state index is 13.7. The first-order valence-corrected chi connectivity index (χ1v) is 6.55. The SMILES string of the molecule is C=CCOC(=O)Nc1ccc(F)c(NC(=O)OC(C)(C)C)c1. The molecule has 120 valence electrons. The number of ether oxygens (including phenoxy) is 2. The normalized spacial score (nSPS) is 10.5. The molecule has 1 rings (SSSR count). The summed E-state index contributed by atoms with van der Waals surface area (Å²) in [5.41, 5.74) is -0.553. The highest BCUT2D eigenvalue weighted by Gasteiger charge is 2.17. The molecule has 1 aromatic carbocycles. The summed E-state index contributed by atoms with van der Waals surface area (Å²) in [5, 5.41) is 4.68. The van der Waals surface area contributed by atoms with E-state index < -0.39 is 23.6 Å². The lowest BCUT2D eigenvalue weighted by Gasteiger charge is -2.20. The lowest BCUT2D eigenvalue weighted by molar-refractivity contribution is 0.0635. The smallest absolute Gasteiger partial charge is 0.412 e. The van der Waals surface area contributed by atoms with Crippen LogP contribution in [-0.4, -0.2) is 24.4 Å². The van der Waals surface area contributed by atoms with Gasteiger partial charge in [0, 0.05) is 5.69 Å². The molecule has 0 aliphatic rings. The van der Waals surface area contributed by atoms with Crippen LogP contribution in [0, 0.1) is 5.82 Å². The molecule has 2 amide bonds. The molecule has 2 N–H and O–H groups in total. The maximum Gasteiger partial charge on any atom is 0.412 e. The molecule has 0 aromatic heterocycles. The zero-order valence-electron chi connectivity index (χ0n) is 12.7. The van der Waals surface area contributed by atoms with Gasteiger partial charge in [0.15, 0.2) is 0 Å². The van der Waals surface area contributed by atoms with Crippen molar-refractivity contribution in [2.75, 3.05) is 17.2 Å². The van der Waals surface area contributed by atoms with E-state index in [1.54, 1.807) is 20.8 Å². The Labute approximate surface area is 128 Å². The largest absolute Gasteiger partial charge is 0.445 e. The molecular formula is C15H19FN2O4. The summed E-state index contributed by atoms with van der Waals surface area (Å²) < 4.78 is 23.4. The molecule has 0 bridgehead atoms. The van der Waals surface area contributed by atoms with Crippen molar-refractivity contribution in [3.05, 3.63) is 36.7 Å². The van der Waals surface area contributed by atoms with E-state index in [0.29, 0.717) is 0 Å². The van der Waals surface area contributed by atoms with Gasteiger partial charge in [0.1, 0.15) is 18.0 Å². The number of benzene rings is 1. The van der Waals surface area contributed by atoms with Gasteiger partial charge in [-0.15, -0.1) is 0 Å². The van der Waals surface area contributed by atoms with Crippen LogP contribution in [0.3, 0.4) is 0 Å². The number of rotatable bonds is 4. The van der Waals surface area contributed by atoms with Crippen molar-refractivity contribution in [2.45, 2.75) is 26.4 Å². The molecule has 0 unspecified atom stereocenters. The Morgan fingerprint density at radius 2 is 1.95 bits per heavy atom. The van der Waals surface area contributed by atoms with Crippen LogP contribution < -0.4 is 10.6 Å². The summed E-state index contributed by atoms with van der Waals surface area (Å²) in [6.07, 6.45) is -0.0905. The van der Waals surface area contributed by atoms with Gasteiger partial charge < -0.3 is 9.47 Å². The Kier molecular flexibility index (Phi) is 5.91. The van der Waals surface area contributed by atoms with Crippen molar-refractivity contribution >= 4 is 23.6 Å². The third-order valence-corrected chi connectivity index (χ3v) is 2.18. The predicted molar refractivity (Wildman–Crippen MR) is 81.4 cm³/mol. The quantitative estimate of drug-likeness (QED) is 0.827. The minimum atomic E-state index is -0.794. The molecule has 7 heteroatoms. The van der Waals surface area contributed by atoms with E-state index in [0.717, 1.165) is 6.07 Å². The number of amides is 2. The second kappa shape index (κ2) is 7.44. The van der Waals surface area contributed by atoms with E-state index in [1.807, 2.05) is 0 Å². The molecule has 6 nitrogen and oxygen atoms in total. The fourth-order valence-corrected chi connectivity index (χ4v) is 1.40. The van der Waals surface area contributed by atoms with Crippen LogP contribution in [-0.2, 0) is 9.47 Å². The van der Waals surface area contributed by atoms with Crippen LogP contribution in [0.1, 0.15) is 20.8 Å².